The molecule has 0 saturated heterocycles. The molecule has 0 fully saturated rings. The molecule has 0 aliphatic rings. The summed E-state index contributed by atoms with van der Waals surface area (Å²) in [6.45, 7) is 5.46. The summed E-state index contributed by atoms with van der Waals surface area (Å²) in [5, 5.41) is 6.64. The number of allylic oxidation sites excluding steroid dienone is 1. The number of hydrogen-bond acceptors (Lipinski definition) is 5. The summed E-state index contributed by atoms with van der Waals surface area (Å²) < 4.78 is 0. The molecule has 0 bridgehead atoms. The second-order valence-electron chi connectivity index (χ2n) is 3.77. The number of nitrogens with two attached hydrogens (primary N) is 1. The van der Waals surface area contributed by atoms with Gasteiger partial charge in [-0.2, -0.15) is 0 Å². The van der Waals surface area contributed by atoms with Crippen molar-refractivity contribution in [1.29, 1.82) is 0 Å². The lowest BCUT2D eigenvalue weighted by atomic mass is 10.3. The third-order valence-corrected chi connectivity index (χ3v) is 3.25. The molecule has 5 nitrogen and oxygen atoms in total. The first-order chi connectivity index (χ1) is 8.69. The van der Waals surface area contributed by atoms with E-state index in [-0.39, 0.29) is 5.91 Å². The van der Waals surface area contributed by atoms with Gasteiger partial charge in [0.1, 0.15) is 10.7 Å². The molecule has 0 spiro atoms. The van der Waals surface area contributed by atoms with Crippen LogP contribution in [0.4, 0.5) is 10.9 Å². The molecule has 0 atom stereocenters. The van der Waals surface area contributed by atoms with Gasteiger partial charge in [0.15, 0.2) is 5.13 Å². The van der Waals surface area contributed by atoms with E-state index in [1.807, 2.05) is 19.1 Å². The molecule has 18 heavy (non-hydrogen) atoms. The van der Waals surface area contributed by atoms with Gasteiger partial charge in [0.25, 0.3) is 5.91 Å². The molecular weight excluding hydrogens is 248 g/mol. The van der Waals surface area contributed by atoms with Crippen molar-refractivity contribution in [3.63, 3.8) is 0 Å². The highest BCUT2D eigenvalue weighted by atomic mass is 32.1. The third kappa shape index (κ3) is 4.37. The Labute approximate surface area is 111 Å². The monoisotopic (exact) mass is 268 g/mol. The number of nitrogens with zero attached hydrogens (tertiary/aromatic N) is 1. The van der Waals surface area contributed by atoms with E-state index in [4.69, 9.17) is 5.73 Å². The minimum absolute atomic E-state index is 0.154. The molecule has 0 radical (unpaired) electrons. The van der Waals surface area contributed by atoms with Crippen LogP contribution in [0.25, 0.3) is 0 Å². The molecule has 0 aromatic carbocycles. The second kappa shape index (κ2) is 7.71. The van der Waals surface area contributed by atoms with Crippen LogP contribution in [0.2, 0.25) is 0 Å². The van der Waals surface area contributed by atoms with Crippen LogP contribution >= 0.6 is 11.3 Å². The Morgan fingerprint density at radius 1 is 1.50 bits per heavy atom. The van der Waals surface area contributed by atoms with E-state index in [1.165, 1.54) is 11.3 Å². The molecule has 0 aliphatic carbocycles. The first kappa shape index (κ1) is 14.5. The van der Waals surface area contributed by atoms with E-state index < -0.39 is 0 Å². The van der Waals surface area contributed by atoms with Crippen molar-refractivity contribution in [1.82, 2.24) is 10.3 Å². The van der Waals surface area contributed by atoms with Gasteiger partial charge in [-0.3, -0.25) is 4.79 Å². The first-order valence-corrected chi connectivity index (χ1v) is 6.90. The summed E-state index contributed by atoms with van der Waals surface area (Å²) >= 11 is 1.29. The van der Waals surface area contributed by atoms with E-state index in [1.54, 1.807) is 0 Å². The summed E-state index contributed by atoms with van der Waals surface area (Å²) in [6.07, 6.45) is 5.79. The number of anilines is 2. The van der Waals surface area contributed by atoms with Crippen LogP contribution in [0.15, 0.2) is 12.2 Å². The Hall–Kier alpha value is -1.56. The largest absolute Gasteiger partial charge is 0.382 e. The van der Waals surface area contributed by atoms with Crippen molar-refractivity contribution >= 4 is 28.2 Å². The molecule has 1 amide bonds. The van der Waals surface area contributed by atoms with Crippen molar-refractivity contribution in [2.75, 3.05) is 24.1 Å². The minimum atomic E-state index is -0.154. The average molecular weight is 268 g/mol. The van der Waals surface area contributed by atoms with Gasteiger partial charge in [0, 0.05) is 13.1 Å². The lowest BCUT2D eigenvalue weighted by Crippen LogP contribution is -2.24. The summed E-state index contributed by atoms with van der Waals surface area (Å²) in [6, 6.07) is 0. The molecule has 6 heteroatoms. The zero-order valence-electron chi connectivity index (χ0n) is 10.8. The normalized spacial score (nSPS) is 10.8. The zero-order valence-corrected chi connectivity index (χ0v) is 11.6. The number of amides is 1. The van der Waals surface area contributed by atoms with Crippen molar-refractivity contribution in [2.45, 2.75) is 26.7 Å². The topological polar surface area (TPSA) is 80.0 Å². The highest BCUT2D eigenvalue weighted by Crippen LogP contribution is 2.24. The van der Waals surface area contributed by atoms with Crippen LogP contribution in [0.5, 0.6) is 0 Å². The van der Waals surface area contributed by atoms with Crippen molar-refractivity contribution in [3.05, 3.63) is 17.0 Å². The summed E-state index contributed by atoms with van der Waals surface area (Å²) in [4.78, 5) is 16.4. The highest BCUT2D eigenvalue weighted by Gasteiger charge is 2.15. The number of carbonyl (C=O) groups excluding carboxylic acids is 1. The molecule has 0 saturated carbocycles. The predicted octanol–water partition coefficient (Wildman–Crippen LogP) is 2.24. The van der Waals surface area contributed by atoms with Gasteiger partial charge < -0.3 is 16.4 Å². The Kier molecular flexibility index (Phi) is 6.21. The molecule has 1 aromatic heterocycles. The molecule has 1 heterocycles. The summed E-state index contributed by atoms with van der Waals surface area (Å²) in [5.74, 6) is 0.140. The molecule has 0 aliphatic heterocycles. The lowest BCUT2D eigenvalue weighted by molar-refractivity contribution is 0.0959. The maximum absolute atomic E-state index is 11.8. The Balaban J connectivity index is 2.53. The summed E-state index contributed by atoms with van der Waals surface area (Å²) in [7, 11) is 0. The Morgan fingerprint density at radius 2 is 2.28 bits per heavy atom. The number of rotatable bonds is 7. The van der Waals surface area contributed by atoms with E-state index >= 15 is 0 Å². The molecular formula is C12H20N4OS. The fourth-order valence-electron chi connectivity index (χ4n) is 1.32. The van der Waals surface area contributed by atoms with Gasteiger partial charge >= 0.3 is 0 Å². The average Bonchev–Trinajstić information content (AvgIpc) is 2.73. The van der Waals surface area contributed by atoms with E-state index in [2.05, 4.69) is 22.5 Å². The second-order valence-corrected chi connectivity index (χ2v) is 4.77. The standard InChI is InChI=1S/C12H20N4OS/c1-3-5-6-8-14-11(17)9-10(13)16-12(18-9)15-7-4-2/h3,5H,4,6-8,13H2,1-2H3,(H,14,17)(H,15,16)/b5-3+. The number of thiazole rings is 1. The quantitative estimate of drug-likeness (QED) is 0.523. The van der Waals surface area contributed by atoms with E-state index in [9.17, 15) is 4.79 Å². The maximum atomic E-state index is 11.8. The zero-order chi connectivity index (χ0) is 13.4. The van der Waals surface area contributed by atoms with Gasteiger partial charge in [0.2, 0.25) is 0 Å². The Morgan fingerprint density at radius 3 is 2.94 bits per heavy atom. The van der Waals surface area contributed by atoms with Crippen molar-refractivity contribution in [2.24, 2.45) is 0 Å². The SMILES string of the molecule is C/C=C/CCNC(=O)c1sc(NCCC)nc1N. The van der Waals surface area contributed by atoms with Crippen LogP contribution in [0, 0.1) is 0 Å². The smallest absolute Gasteiger partial charge is 0.265 e. The number of nitrogens with one attached hydrogen (secondary N) is 2. The van der Waals surface area contributed by atoms with Gasteiger partial charge in [-0.1, -0.05) is 30.4 Å². The molecule has 0 unspecified atom stereocenters. The Bertz CT molecular complexity index is 414. The van der Waals surface area contributed by atoms with Crippen LogP contribution in [0.1, 0.15) is 36.4 Å². The van der Waals surface area contributed by atoms with Gasteiger partial charge in [0.05, 0.1) is 0 Å². The number of nitrogen functional groups attached to an aromatic ring is 1. The molecule has 4 N–H and O–H groups in total. The van der Waals surface area contributed by atoms with E-state index in [0.29, 0.717) is 22.4 Å². The van der Waals surface area contributed by atoms with Crippen LogP contribution in [-0.2, 0) is 0 Å². The summed E-state index contributed by atoms with van der Waals surface area (Å²) in [5.41, 5.74) is 5.73. The predicted molar refractivity (Wildman–Crippen MR) is 77.1 cm³/mol. The maximum Gasteiger partial charge on any atom is 0.265 e. The fourth-order valence-corrected chi connectivity index (χ4v) is 2.14. The molecule has 100 valence electrons. The first-order valence-electron chi connectivity index (χ1n) is 6.08. The van der Waals surface area contributed by atoms with Crippen LogP contribution in [-0.4, -0.2) is 24.0 Å². The van der Waals surface area contributed by atoms with Gasteiger partial charge in [-0.25, -0.2) is 4.98 Å². The minimum Gasteiger partial charge on any atom is -0.382 e. The fraction of sp³-hybridized carbons (Fsp3) is 0.500. The van der Waals surface area contributed by atoms with Gasteiger partial charge in [-0.05, 0) is 19.8 Å². The third-order valence-electron chi connectivity index (χ3n) is 2.22. The number of carbonyl (C=O) groups is 1. The number of aromatic nitrogens is 1. The molecule has 1 rings (SSSR count). The lowest BCUT2D eigenvalue weighted by Gasteiger charge is -2.00. The van der Waals surface area contributed by atoms with Crippen LogP contribution < -0.4 is 16.4 Å². The molecule has 1 aromatic rings. The number of hydrogen-bond donors (Lipinski definition) is 3. The van der Waals surface area contributed by atoms with Gasteiger partial charge in [-0.15, -0.1) is 0 Å². The van der Waals surface area contributed by atoms with Crippen LogP contribution in [0.3, 0.4) is 0 Å². The van der Waals surface area contributed by atoms with E-state index in [0.717, 1.165) is 19.4 Å². The van der Waals surface area contributed by atoms with Crippen molar-refractivity contribution < 1.29 is 4.79 Å². The highest BCUT2D eigenvalue weighted by molar-refractivity contribution is 7.18. The van der Waals surface area contributed by atoms with Crippen molar-refractivity contribution in [3.8, 4) is 0 Å².